The van der Waals surface area contributed by atoms with Gasteiger partial charge in [0, 0.05) is 19.6 Å². The summed E-state index contributed by atoms with van der Waals surface area (Å²) in [6.07, 6.45) is 1.80. The Kier molecular flexibility index (Phi) is 4.33. The quantitative estimate of drug-likeness (QED) is 0.773. The molecule has 1 N–H and O–H groups in total. The average molecular weight is 228 g/mol. The molecule has 94 valence electrons. The van der Waals surface area contributed by atoms with Gasteiger partial charge in [-0.3, -0.25) is 9.69 Å². The van der Waals surface area contributed by atoms with Crippen LogP contribution in [0.15, 0.2) is 0 Å². The molecule has 0 radical (unpaired) electrons. The number of carbonyl (C=O) groups excluding carboxylic acids is 1. The number of likely N-dealkylation sites (tertiary alicyclic amines) is 1. The number of amides is 1. The largest absolute Gasteiger partial charge is 0.389 e. The van der Waals surface area contributed by atoms with Gasteiger partial charge in [-0.1, -0.05) is 0 Å². The van der Waals surface area contributed by atoms with Crippen LogP contribution in [0.5, 0.6) is 0 Å². The fourth-order valence-corrected chi connectivity index (χ4v) is 2.05. The van der Waals surface area contributed by atoms with E-state index in [-0.39, 0.29) is 11.9 Å². The first-order valence-corrected chi connectivity index (χ1v) is 6.02. The predicted octanol–water partition coefficient (Wildman–Crippen LogP) is 0.700. The number of hydrogen-bond acceptors (Lipinski definition) is 3. The van der Waals surface area contributed by atoms with E-state index in [0.717, 1.165) is 19.4 Å². The number of rotatable bonds is 3. The molecule has 1 amide bonds. The average Bonchev–Trinajstić information content (AvgIpc) is 2.14. The molecule has 1 unspecified atom stereocenters. The molecule has 0 saturated carbocycles. The van der Waals surface area contributed by atoms with E-state index in [2.05, 4.69) is 0 Å². The lowest BCUT2D eigenvalue weighted by molar-refractivity contribution is -0.134. The third-order valence-corrected chi connectivity index (χ3v) is 3.28. The van der Waals surface area contributed by atoms with E-state index < -0.39 is 5.60 Å². The van der Waals surface area contributed by atoms with E-state index in [9.17, 15) is 9.90 Å². The third-order valence-electron chi connectivity index (χ3n) is 3.28. The lowest BCUT2D eigenvalue weighted by Crippen LogP contribution is -2.50. The lowest BCUT2D eigenvalue weighted by atomic mass is 9.95. The molecular weight excluding hydrogens is 204 g/mol. The van der Waals surface area contributed by atoms with Crippen molar-refractivity contribution >= 4 is 5.91 Å². The molecule has 1 atom stereocenters. The van der Waals surface area contributed by atoms with E-state index in [1.807, 2.05) is 32.7 Å². The minimum atomic E-state index is -0.630. The summed E-state index contributed by atoms with van der Waals surface area (Å²) in [7, 11) is 1.83. The van der Waals surface area contributed by atoms with Crippen LogP contribution in [-0.2, 0) is 4.79 Å². The van der Waals surface area contributed by atoms with Gasteiger partial charge in [-0.25, -0.2) is 0 Å². The first kappa shape index (κ1) is 13.5. The molecule has 0 aliphatic carbocycles. The Balaban J connectivity index is 2.45. The fourth-order valence-electron chi connectivity index (χ4n) is 2.05. The van der Waals surface area contributed by atoms with Crippen LogP contribution >= 0.6 is 0 Å². The van der Waals surface area contributed by atoms with Crippen molar-refractivity contribution in [1.29, 1.82) is 0 Å². The molecule has 1 aliphatic rings. The summed E-state index contributed by atoms with van der Waals surface area (Å²) in [5.74, 6) is 0.132. The number of piperidine rings is 1. The Bertz CT molecular complexity index is 251. The van der Waals surface area contributed by atoms with Crippen molar-refractivity contribution in [3.63, 3.8) is 0 Å². The standard InChI is InChI=1S/C12H24N2O2/c1-10(2)13(4)11(15)8-14-7-5-6-12(3,16)9-14/h10,16H,5-9H2,1-4H3. The zero-order valence-corrected chi connectivity index (χ0v) is 10.9. The van der Waals surface area contributed by atoms with Crippen molar-refractivity contribution in [2.75, 3.05) is 26.7 Å². The predicted molar refractivity (Wildman–Crippen MR) is 64.2 cm³/mol. The molecule has 0 spiro atoms. The second-order valence-corrected chi connectivity index (χ2v) is 5.41. The first-order chi connectivity index (χ1) is 7.32. The molecule has 0 aromatic heterocycles. The van der Waals surface area contributed by atoms with Gasteiger partial charge in [0.1, 0.15) is 0 Å². The molecule has 1 rings (SSSR count). The topological polar surface area (TPSA) is 43.8 Å². The van der Waals surface area contributed by atoms with Crippen molar-refractivity contribution in [3.8, 4) is 0 Å². The number of carbonyl (C=O) groups is 1. The second kappa shape index (κ2) is 5.15. The third kappa shape index (κ3) is 3.76. The fraction of sp³-hybridized carbons (Fsp3) is 0.917. The molecule has 4 nitrogen and oxygen atoms in total. The van der Waals surface area contributed by atoms with Crippen molar-refractivity contribution in [2.45, 2.75) is 45.3 Å². The Labute approximate surface area is 98.2 Å². The van der Waals surface area contributed by atoms with Crippen LogP contribution in [0.4, 0.5) is 0 Å². The van der Waals surface area contributed by atoms with Crippen molar-refractivity contribution in [1.82, 2.24) is 9.80 Å². The lowest BCUT2D eigenvalue weighted by Gasteiger charge is -2.37. The van der Waals surface area contributed by atoms with Gasteiger partial charge in [0.05, 0.1) is 12.1 Å². The summed E-state index contributed by atoms with van der Waals surface area (Å²) in [6, 6.07) is 0.234. The zero-order chi connectivity index (χ0) is 12.3. The first-order valence-electron chi connectivity index (χ1n) is 6.02. The van der Waals surface area contributed by atoms with Crippen molar-refractivity contribution in [2.24, 2.45) is 0 Å². The van der Waals surface area contributed by atoms with Gasteiger partial charge < -0.3 is 10.0 Å². The minimum absolute atomic E-state index is 0.132. The molecule has 1 saturated heterocycles. The van der Waals surface area contributed by atoms with E-state index in [1.54, 1.807) is 4.90 Å². The highest BCUT2D eigenvalue weighted by atomic mass is 16.3. The summed E-state index contributed by atoms with van der Waals surface area (Å²) >= 11 is 0. The van der Waals surface area contributed by atoms with Crippen LogP contribution < -0.4 is 0 Å². The second-order valence-electron chi connectivity index (χ2n) is 5.41. The minimum Gasteiger partial charge on any atom is -0.389 e. The maximum atomic E-state index is 11.9. The zero-order valence-electron chi connectivity index (χ0n) is 10.9. The van der Waals surface area contributed by atoms with Crippen LogP contribution in [0.1, 0.15) is 33.6 Å². The molecule has 4 heteroatoms. The molecule has 16 heavy (non-hydrogen) atoms. The van der Waals surface area contributed by atoms with Gasteiger partial charge in [0.2, 0.25) is 5.91 Å². The molecule has 0 aromatic carbocycles. The number of hydrogen-bond donors (Lipinski definition) is 1. The molecule has 1 fully saturated rings. The van der Waals surface area contributed by atoms with Gasteiger partial charge >= 0.3 is 0 Å². The van der Waals surface area contributed by atoms with Gasteiger partial charge in [-0.15, -0.1) is 0 Å². The summed E-state index contributed by atoms with van der Waals surface area (Å²) in [6.45, 7) is 7.79. The van der Waals surface area contributed by atoms with Crippen LogP contribution in [0.2, 0.25) is 0 Å². The Morgan fingerprint density at radius 2 is 2.19 bits per heavy atom. The summed E-state index contributed by atoms with van der Waals surface area (Å²) in [5.41, 5.74) is -0.630. The van der Waals surface area contributed by atoms with E-state index in [0.29, 0.717) is 13.1 Å². The number of likely N-dealkylation sites (N-methyl/N-ethyl adjacent to an activating group) is 1. The molecule has 1 heterocycles. The smallest absolute Gasteiger partial charge is 0.236 e. The molecule has 1 aliphatic heterocycles. The van der Waals surface area contributed by atoms with Crippen LogP contribution in [0.3, 0.4) is 0 Å². The maximum Gasteiger partial charge on any atom is 0.236 e. The SMILES string of the molecule is CC(C)N(C)C(=O)CN1CCCC(C)(O)C1. The van der Waals surface area contributed by atoms with Gasteiger partial charge in [-0.05, 0) is 40.2 Å². The maximum absolute atomic E-state index is 11.9. The highest BCUT2D eigenvalue weighted by molar-refractivity contribution is 5.78. The normalized spacial score (nSPS) is 27.1. The van der Waals surface area contributed by atoms with Crippen LogP contribution in [0.25, 0.3) is 0 Å². The van der Waals surface area contributed by atoms with Crippen LogP contribution in [0, 0.1) is 0 Å². The van der Waals surface area contributed by atoms with Crippen molar-refractivity contribution in [3.05, 3.63) is 0 Å². The molecule has 0 bridgehead atoms. The number of aliphatic hydroxyl groups is 1. The highest BCUT2D eigenvalue weighted by Crippen LogP contribution is 2.19. The van der Waals surface area contributed by atoms with E-state index >= 15 is 0 Å². The Morgan fingerprint density at radius 3 is 2.69 bits per heavy atom. The van der Waals surface area contributed by atoms with Gasteiger partial charge in [-0.2, -0.15) is 0 Å². The summed E-state index contributed by atoms with van der Waals surface area (Å²) in [4.78, 5) is 15.7. The Morgan fingerprint density at radius 1 is 1.56 bits per heavy atom. The molecule has 0 aromatic rings. The number of nitrogens with zero attached hydrogens (tertiary/aromatic N) is 2. The highest BCUT2D eigenvalue weighted by Gasteiger charge is 2.29. The van der Waals surface area contributed by atoms with E-state index in [4.69, 9.17) is 0 Å². The van der Waals surface area contributed by atoms with Gasteiger partial charge in [0.25, 0.3) is 0 Å². The van der Waals surface area contributed by atoms with E-state index in [1.165, 1.54) is 0 Å². The Hall–Kier alpha value is -0.610. The van der Waals surface area contributed by atoms with Crippen molar-refractivity contribution < 1.29 is 9.90 Å². The van der Waals surface area contributed by atoms with Crippen LogP contribution in [-0.4, -0.2) is 59.1 Å². The monoisotopic (exact) mass is 228 g/mol. The van der Waals surface area contributed by atoms with Gasteiger partial charge in [0.15, 0.2) is 0 Å². The molecular formula is C12H24N2O2. The summed E-state index contributed by atoms with van der Waals surface area (Å²) < 4.78 is 0. The number of β-amino-alcohol motifs (C(OH)–C–C–N with tert-alkyl or cyclic N) is 1. The summed E-state index contributed by atoms with van der Waals surface area (Å²) in [5, 5.41) is 9.94.